The van der Waals surface area contributed by atoms with E-state index in [0.29, 0.717) is 27.0 Å². The Balaban J connectivity index is 1.34. The second kappa shape index (κ2) is 6.71. The van der Waals surface area contributed by atoms with Gasteiger partial charge in [-0.1, -0.05) is 35.4 Å². The summed E-state index contributed by atoms with van der Waals surface area (Å²) in [5.74, 6) is -0.737. The number of halogens is 2. The van der Waals surface area contributed by atoms with E-state index in [1.807, 2.05) is 0 Å². The average molecular weight is 427 g/mol. The summed E-state index contributed by atoms with van der Waals surface area (Å²) >= 11 is 11.9. The van der Waals surface area contributed by atoms with Crippen LogP contribution in [0.4, 0.5) is 11.4 Å². The quantitative estimate of drug-likeness (QED) is 0.577. The van der Waals surface area contributed by atoms with E-state index >= 15 is 0 Å². The summed E-state index contributed by atoms with van der Waals surface area (Å²) in [5.41, 5.74) is 1.43. The summed E-state index contributed by atoms with van der Waals surface area (Å²) in [7, 11) is 0. The molecule has 1 saturated heterocycles. The summed E-state index contributed by atoms with van der Waals surface area (Å²) in [6.07, 6.45) is 5.03. The van der Waals surface area contributed by atoms with Crippen molar-refractivity contribution in [2.75, 3.05) is 10.2 Å². The number of amides is 3. The Bertz CT molecular complexity index is 1050. The number of carbonyl (C=O) groups excluding carboxylic acids is 3. The van der Waals surface area contributed by atoms with E-state index in [1.54, 1.807) is 42.5 Å². The lowest BCUT2D eigenvalue weighted by molar-refractivity contribution is -0.123. The van der Waals surface area contributed by atoms with Crippen LogP contribution in [0.15, 0.2) is 54.6 Å². The van der Waals surface area contributed by atoms with E-state index in [1.165, 1.54) is 4.90 Å². The molecule has 2 aromatic carbocycles. The predicted molar refractivity (Wildman–Crippen MR) is 111 cm³/mol. The maximum atomic E-state index is 12.9. The zero-order valence-corrected chi connectivity index (χ0v) is 16.7. The fourth-order valence-corrected chi connectivity index (χ4v) is 4.99. The third-order valence-electron chi connectivity index (χ3n) is 6.04. The molecule has 0 unspecified atom stereocenters. The molecule has 2 fully saturated rings. The Morgan fingerprint density at radius 2 is 1.52 bits per heavy atom. The first kappa shape index (κ1) is 18.4. The Morgan fingerprint density at radius 3 is 2.10 bits per heavy atom. The molecule has 1 saturated carbocycles. The number of nitrogens with one attached hydrogen (secondary N) is 1. The third kappa shape index (κ3) is 2.88. The Hall–Kier alpha value is -2.63. The number of hydrogen-bond donors (Lipinski definition) is 1. The molecule has 1 aliphatic heterocycles. The lowest BCUT2D eigenvalue weighted by atomic mass is 9.85. The van der Waals surface area contributed by atoms with Gasteiger partial charge in [0, 0.05) is 11.3 Å². The van der Waals surface area contributed by atoms with Gasteiger partial charge in [-0.15, -0.1) is 0 Å². The standard InChI is InChI=1S/C22H16Cl2N2O3/c23-16-8-5-14(10-17(16)24)25-20(27)11-3-6-15(7-4-11)26-21(28)18-12-1-2-13(9-12)19(18)22(26)29/h1-8,10,12-13,18-19H,9H2,(H,25,27)/t12-,13+,18-,19+. The van der Waals surface area contributed by atoms with Crippen LogP contribution in [0.3, 0.4) is 0 Å². The molecule has 2 bridgehead atoms. The van der Waals surface area contributed by atoms with Gasteiger partial charge in [0.25, 0.3) is 5.91 Å². The first-order valence-electron chi connectivity index (χ1n) is 9.36. The number of imide groups is 1. The highest BCUT2D eigenvalue weighted by molar-refractivity contribution is 6.42. The molecule has 0 radical (unpaired) electrons. The molecule has 29 heavy (non-hydrogen) atoms. The molecule has 3 aliphatic rings. The van der Waals surface area contributed by atoms with Crippen molar-refractivity contribution in [3.8, 4) is 0 Å². The zero-order chi connectivity index (χ0) is 20.3. The maximum absolute atomic E-state index is 12.9. The number of allylic oxidation sites excluding steroid dienone is 2. The monoisotopic (exact) mass is 426 g/mol. The third-order valence-corrected chi connectivity index (χ3v) is 6.77. The minimum absolute atomic E-state index is 0.134. The smallest absolute Gasteiger partial charge is 0.255 e. The predicted octanol–water partition coefficient (Wildman–Crippen LogP) is 4.56. The van der Waals surface area contributed by atoms with Crippen LogP contribution in [-0.2, 0) is 9.59 Å². The first-order valence-corrected chi connectivity index (χ1v) is 10.1. The van der Waals surface area contributed by atoms with Gasteiger partial charge >= 0.3 is 0 Å². The molecule has 3 amide bonds. The van der Waals surface area contributed by atoms with Crippen LogP contribution in [0.25, 0.3) is 0 Å². The summed E-state index contributed by atoms with van der Waals surface area (Å²) in [5, 5.41) is 3.50. The summed E-state index contributed by atoms with van der Waals surface area (Å²) in [6, 6.07) is 11.3. The minimum Gasteiger partial charge on any atom is -0.322 e. The summed E-state index contributed by atoms with van der Waals surface area (Å²) in [4.78, 5) is 39.5. The van der Waals surface area contributed by atoms with Crippen molar-refractivity contribution in [1.29, 1.82) is 0 Å². The second-order valence-corrected chi connectivity index (χ2v) is 8.46. The highest BCUT2D eigenvalue weighted by atomic mass is 35.5. The molecule has 7 heteroatoms. The SMILES string of the molecule is O=C(Nc1ccc(Cl)c(Cl)c1)c1ccc(N2C(=O)[C@@H]3[C@H](C2=O)[C@@H]2C=C[C@H]3C2)cc1. The second-order valence-electron chi connectivity index (χ2n) is 7.64. The number of fused-ring (bicyclic) bond motifs is 5. The van der Waals surface area contributed by atoms with Crippen molar-refractivity contribution in [1.82, 2.24) is 0 Å². The molecular formula is C22H16Cl2N2O3. The number of anilines is 2. The number of carbonyl (C=O) groups is 3. The molecule has 5 rings (SSSR count). The van der Waals surface area contributed by atoms with Gasteiger partial charge in [-0.3, -0.25) is 19.3 Å². The molecule has 5 nitrogen and oxygen atoms in total. The van der Waals surface area contributed by atoms with Crippen LogP contribution >= 0.6 is 23.2 Å². The molecule has 146 valence electrons. The maximum Gasteiger partial charge on any atom is 0.255 e. The molecule has 2 aromatic rings. The molecular weight excluding hydrogens is 411 g/mol. The highest BCUT2D eigenvalue weighted by Crippen LogP contribution is 2.53. The molecule has 2 aliphatic carbocycles. The Kier molecular flexibility index (Phi) is 4.26. The van der Waals surface area contributed by atoms with Crippen LogP contribution in [0, 0.1) is 23.7 Å². The van der Waals surface area contributed by atoms with Gasteiger partial charge in [0.2, 0.25) is 11.8 Å². The van der Waals surface area contributed by atoms with Crippen LogP contribution in [0.1, 0.15) is 16.8 Å². The van der Waals surface area contributed by atoms with Gasteiger partial charge in [0.05, 0.1) is 27.6 Å². The van der Waals surface area contributed by atoms with Crippen LogP contribution in [-0.4, -0.2) is 17.7 Å². The van der Waals surface area contributed by atoms with E-state index in [-0.39, 0.29) is 41.4 Å². The number of benzene rings is 2. The Morgan fingerprint density at radius 1 is 0.897 bits per heavy atom. The zero-order valence-electron chi connectivity index (χ0n) is 15.1. The normalized spacial score (nSPS) is 26.9. The van der Waals surface area contributed by atoms with E-state index in [9.17, 15) is 14.4 Å². The van der Waals surface area contributed by atoms with E-state index in [4.69, 9.17) is 23.2 Å². The largest absolute Gasteiger partial charge is 0.322 e. The van der Waals surface area contributed by atoms with Crippen LogP contribution < -0.4 is 10.2 Å². The lowest BCUT2D eigenvalue weighted by Gasteiger charge is -2.17. The molecule has 0 aromatic heterocycles. The Labute approximate surface area is 177 Å². The molecule has 0 spiro atoms. The molecule has 1 N–H and O–H groups in total. The number of hydrogen-bond acceptors (Lipinski definition) is 3. The number of rotatable bonds is 3. The van der Waals surface area contributed by atoms with Gasteiger partial charge in [-0.2, -0.15) is 0 Å². The van der Waals surface area contributed by atoms with Crippen LogP contribution in [0.5, 0.6) is 0 Å². The fourth-order valence-electron chi connectivity index (χ4n) is 4.70. The molecule has 1 heterocycles. The first-order chi connectivity index (χ1) is 13.9. The van der Waals surface area contributed by atoms with Crippen molar-refractivity contribution >= 4 is 52.3 Å². The van der Waals surface area contributed by atoms with Gasteiger partial charge in [0.15, 0.2) is 0 Å². The van der Waals surface area contributed by atoms with Crippen molar-refractivity contribution in [3.05, 3.63) is 70.2 Å². The number of nitrogens with zero attached hydrogens (tertiary/aromatic N) is 1. The summed E-state index contributed by atoms with van der Waals surface area (Å²) < 4.78 is 0. The minimum atomic E-state index is -0.326. The van der Waals surface area contributed by atoms with Crippen molar-refractivity contribution in [2.24, 2.45) is 23.7 Å². The van der Waals surface area contributed by atoms with Gasteiger partial charge in [0.1, 0.15) is 0 Å². The molecule has 4 atom stereocenters. The van der Waals surface area contributed by atoms with Gasteiger partial charge in [-0.05, 0) is 60.7 Å². The van der Waals surface area contributed by atoms with Crippen molar-refractivity contribution in [3.63, 3.8) is 0 Å². The van der Waals surface area contributed by atoms with Crippen molar-refractivity contribution < 1.29 is 14.4 Å². The van der Waals surface area contributed by atoms with Gasteiger partial charge < -0.3 is 5.32 Å². The van der Waals surface area contributed by atoms with E-state index in [0.717, 1.165) is 6.42 Å². The van der Waals surface area contributed by atoms with Gasteiger partial charge in [-0.25, -0.2) is 0 Å². The average Bonchev–Trinajstić information content (AvgIpc) is 3.39. The van der Waals surface area contributed by atoms with E-state index < -0.39 is 0 Å². The fraction of sp³-hybridized carbons (Fsp3) is 0.227. The van der Waals surface area contributed by atoms with Crippen molar-refractivity contribution in [2.45, 2.75) is 6.42 Å². The highest BCUT2D eigenvalue weighted by Gasteiger charge is 2.59. The van der Waals surface area contributed by atoms with Crippen LogP contribution in [0.2, 0.25) is 10.0 Å². The topological polar surface area (TPSA) is 66.5 Å². The summed E-state index contributed by atoms with van der Waals surface area (Å²) in [6.45, 7) is 0. The lowest BCUT2D eigenvalue weighted by Crippen LogP contribution is -2.32. The van der Waals surface area contributed by atoms with E-state index in [2.05, 4.69) is 17.5 Å².